The highest BCUT2D eigenvalue weighted by atomic mass is 14.2. The number of rotatable bonds is 6. The highest BCUT2D eigenvalue weighted by Crippen LogP contribution is 2.44. The molecule has 0 saturated carbocycles. The van der Waals surface area contributed by atoms with Crippen molar-refractivity contribution in [2.75, 3.05) is 0 Å². The lowest BCUT2D eigenvalue weighted by molar-refractivity contribution is 0.858. The van der Waals surface area contributed by atoms with Gasteiger partial charge in [-0.25, -0.2) is 0 Å². The SMILES string of the molecule is C(#Cc1c2ccccc2c2ccc3c(C#CCCCc4ccccc4)c4ccccc4c4ccc1c2c34)CCCc1ccccc1. The van der Waals surface area contributed by atoms with Gasteiger partial charge in [-0.15, -0.1) is 0 Å². The second-order valence-corrected chi connectivity index (χ2v) is 12.2. The summed E-state index contributed by atoms with van der Waals surface area (Å²) in [6, 6.07) is 48.3. The third kappa shape index (κ3) is 5.13. The summed E-state index contributed by atoms with van der Waals surface area (Å²) in [6.07, 6.45) is 5.97. The van der Waals surface area contributed by atoms with Gasteiger partial charge in [-0.1, -0.05) is 157 Å². The molecule has 46 heavy (non-hydrogen) atoms. The van der Waals surface area contributed by atoms with Crippen molar-refractivity contribution in [3.63, 3.8) is 0 Å². The van der Waals surface area contributed by atoms with Gasteiger partial charge in [0.1, 0.15) is 0 Å². The minimum atomic E-state index is 0.875. The van der Waals surface area contributed by atoms with E-state index in [0.29, 0.717) is 0 Å². The Morgan fingerprint density at radius 2 is 0.696 bits per heavy atom. The van der Waals surface area contributed by atoms with E-state index < -0.39 is 0 Å². The molecule has 218 valence electrons. The van der Waals surface area contributed by atoms with Crippen molar-refractivity contribution in [1.82, 2.24) is 0 Å². The van der Waals surface area contributed by atoms with E-state index in [9.17, 15) is 0 Å². The summed E-state index contributed by atoms with van der Waals surface area (Å²) < 4.78 is 0. The maximum absolute atomic E-state index is 3.66. The maximum Gasteiger partial charge on any atom is 0.0402 e. The predicted molar refractivity (Wildman–Crippen MR) is 198 cm³/mol. The van der Waals surface area contributed by atoms with Crippen LogP contribution in [0.2, 0.25) is 0 Å². The number of hydrogen-bond acceptors (Lipinski definition) is 0. The minimum Gasteiger partial charge on any atom is -0.0978 e. The molecular formula is C46H34. The van der Waals surface area contributed by atoms with Crippen molar-refractivity contribution in [2.45, 2.75) is 38.5 Å². The highest BCUT2D eigenvalue weighted by Gasteiger charge is 2.18. The molecule has 0 heterocycles. The fourth-order valence-corrected chi connectivity index (χ4v) is 7.15. The van der Waals surface area contributed by atoms with E-state index in [1.807, 2.05) is 0 Å². The zero-order valence-corrected chi connectivity index (χ0v) is 25.9. The quantitative estimate of drug-likeness (QED) is 0.0787. The molecule has 0 aromatic heterocycles. The standard InChI is InChI=1S/C46H34/c1-5-17-33(18-6-1)21-9-3-11-23-37-35-25-13-15-27-39(35)43-32-30-42-38(24-12-4-10-22-34-19-7-2-8-20-34)36-26-14-16-28-40(36)44-31-29-41(37)45(43)46(42)44/h1-2,5-8,13-20,25-32H,3-4,9-10,21-22H2. The van der Waals surface area contributed by atoms with Crippen molar-refractivity contribution in [3.8, 4) is 23.7 Å². The van der Waals surface area contributed by atoms with E-state index in [4.69, 9.17) is 0 Å². The first-order valence-corrected chi connectivity index (χ1v) is 16.5. The fourth-order valence-electron chi connectivity index (χ4n) is 7.15. The van der Waals surface area contributed by atoms with Crippen LogP contribution in [0.3, 0.4) is 0 Å². The lowest BCUT2D eigenvalue weighted by Crippen LogP contribution is -1.93. The van der Waals surface area contributed by atoms with Crippen LogP contribution in [0.5, 0.6) is 0 Å². The summed E-state index contributed by atoms with van der Waals surface area (Å²) in [5.41, 5.74) is 5.03. The van der Waals surface area contributed by atoms with Crippen LogP contribution in [0, 0.1) is 23.7 Å². The largest absolute Gasteiger partial charge is 0.0978 e. The van der Waals surface area contributed by atoms with Gasteiger partial charge in [0.2, 0.25) is 0 Å². The molecule has 0 heteroatoms. The molecule has 0 spiro atoms. The highest BCUT2D eigenvalue weighted by molar-refractivity contribution is 6.35. The van der Waals surface area contributed by atoms with Crippen molar-refractivity contribution in [1.29, 1.82) is 0 Å². The first kappa shape index (κ1) is 28.0. The molecule has 0 aliphatic carbocycles. The van der Waals surface area contributed by atoms with Crippen LogP contribution >= 0.6 is 0 Å². The Morgan fingerprint density at radius 1 is 0.326 bits per heavy atom. The van der Waals surface area contributed by atoms with Crippen LogP contribution < -0.4 is 0 Å². The normalized spacial score (nSPS) is 11.2. The number of fused-ring (bicyclic) bond motifs is 4. The van der Waals surface area contributed by atoms with Crippen LogP contribution in [0.1, 0.15) is 47.9 Å². The zero-order chi connectivity index (χ0) is 30.7. The monoisotopic (exact) mass is 586 g/mol. The molecule has 0 saturated heterocycles. The van der Waals surface area contributed by atoms with Crippen LogP contribution in [-0.2, 0) is 12.8 Å². The number of aryl methyl sites for hydroxylation is 2. The van der Waals surface area contributed by atoms with Gasteiger partial charge in [0.25, 0.3) is 0 Å². The van der Waals surface area contributed by atoms with Crippen molar-refractivity contribution >= 4 is 53.9 Å². The zero-order valence-electron chi connectivity index (χ0n) is 25.9. The van der Waals surface area contributed by atoms with Crippen LogP contribution in [0.4, 0.5) is 0 Å². The summed E-state index contributed by atoms with van der Waals surface area (Å²) in [6.45, 7) is 0. The molecule has 0 fully saturated rings. The summed E-state index contributed by atoms with van der Waals surface area (Å²) in [5.74, 6) is 14.4. The van der Waals surface area contributed by atoms with E-state index >= 15 is 0 Å². The van der Waals surface area contributed by atoms with Crippen molar-refractivity contribution in [3.05, 3.63) is 156 Å². The maximum atomic E-state index is 3.66. The Morgan fingerprint density at radius 3 is 1.13 bits per heavy atom. The Kier molecular flexibility index (Phi) is 7.56. The lowest BCUT2D eigenvalue weighted by atomic mass is 9.84. The molecule has 8 aromatic rings. The van der Waals surface area contributed by atoms with E-state index in [-0.39, 0.29) is 0 Å². The Balaban J connectivity index is 1.25. The van der Waals surface area contributed by atoms with Gasteiger partial charge in [-0.3, -0.25) is 0 Å². The van der Waals surface area contributed by atoms with Crippen molar-refractivity contribution < 1.29 is 0 Å². The fraction of sp³-hybridized carbons (Fsp3) is 0.130. The summed E-state index contributed by atoms with van der Waals surface area (Å²) in [4.78, 5) is 0. The third-order valence-electron chi connectivity index (χ3n) is 9.32. The summed E-state index contributed by atoms with van der Waals surface area (Å²) in [7, 11) is 0. The average Bonchev–Trinajstić information content (AvgIpc) is 3.12. The molecule has 0 bridgehead atoms. The summed E-state index contributed by atoms with van der Waals surface area (Å²) in [5, 5.41) is 12.6. The predicted octanol–water partition coefficient (Wildman–Crippen LogP) is 11.6. The first-order chi connectivity index (χ1) is 22.9. The Bertz CT molecular complexity index is 2280. The topological polar surface area (TPSA) is 0 Å². The van der Waals surface area contributed by atoms with Gasteiger partial charge in [-0.2, -0.15) is 0 Å². The van der Waals surface area contributed by atoms with Crippen LogP contribution in [0.15, 0.2) is 133 Å². The second kappa shape index (κ2) is 12.4. The lowest BCUT2D eigenvalue weighted by Gasteiger charge is -2.18. The van der Waals surface area contributed by atoms with E-state index in [2.05, 4.69) is 157 Å². The third-order valence-corrected chi connectivity index (χ3v) is 9.32. The first-order valence-electron chi connectivity index (χ1n) is 16.5. The number of benzene rings is 8. The molecule has 0 aliphatic rings. The molecule has 0 unspecified atom stereocenters. The average molecular weight is 587 g/mol. The van der Waals surface area contributed by atoms with Crippen LogP contribution in [-0.4, -0.2) is 0 Å². The molecule has 0 amide bonds. The van der Waals surface area contributed by atoms with Gasteiger partial charge in [0, 0.05) is 24.0 Å². The Labute approximate surface area is 271 Å². The number of unbranched alkanes of at least 4 members (excludes halogenated alkanes) is 2. The molecular weight excluding hydrogens is 553 g/mol. The van der Waals surface area contributed by atoms with Gasteiger partial charge < -0.3 is 0 Å². The molecule has 0 radical (unpaired) electrons. The second-order valence-electron chi connectivity index (χ2n) is 12.2. The smallest absolute Gasteiger partial charge is 0.0402 e. The van der Waals surface area contributed by atoms with Gasteiger partial charge in [0.15, 0.2) is 0 Å². The van der Waals surface area contributed by atoms with Crippen LogP contribution in [0.25, 0.3) is 53.9 Å². The minimum absolute atomic E-state index is 0.875. The summed E-state index contributed by atoms with van der Waals surface area (Å²) >= 11 is 0. The molecule has 0 atom stereocenters. The van der Waals surface area contributed by atoms with E-state index in [0.717, 1.165) is 49.7 Å². The van der Waals surface area contributed by atoms with Gasteiger partial charge in [-0.05, 0) is 90.7 Å². The number of hydrogen-bond donors (Lipinski definition) is 0. The molecule has 0 aliphatic heterocycles. The molecule has 8 rings (SSSR count). The van der Waals surface area contributed by atoms with Gasteiger partial charge in [0.05, 0.1) is 0 Å². The van der Waals surface area contributed by atoms with Crippen molar-refractivity contribution in [2.24, 2.45) is 0 Å². The molecule has 0 nitrogen and oxygen atoms in total. The van der Waals surface area contributed by atoms with E-state index in [1.54, 1.807) is 0 Å². The van der Waals surface area contributed by atoms with Gasteiger partial charge >= 0.3 is 0 Å². The molecule has 8 aromatic carbocycles. The van der Waals surface area contributed by atoms with E-state index in [1.165, 1.54) is 65.0 Å². The Hall–Kier alpha value is -5.56. The molecule has 0 N–H and O–H groups in total.